The standard InChI is InChI=1S/C30H33FN6O3/c1-19-12-17-25(40-19)27(29(39)32-30(2,3)4)37(24-11-7-9-20-8-5-6-10-23(20)24)26(38)18-36-34-28(33-35-36)21-13-15-22(31)16-14-21/h7,9,11-17,27H,5-6,8,10,18H2,1-4H3,(H,32,39)/t27-/m1/s1. The first-order chi connectivity index (χ1) is 19.1. The zero-order valence-corrected chi connectivity index (χ0v) is 23.1. The summed E-state index contributed by atoms with van der Waals surface area (Å²) in [6.45, 7) is 7.21. The molecule has 5 rings (SSSR count). The number of carbonyl (C=O) groups is 2. The van der Waals surface area contributed by atoms with Crippen LogP contribution in [-0.4, -0.2) is 37.6 Å². The Hall–Kier alpha value is -4.34. The quantitative estimate of drug-likeness (QED) is 0.353. The minimum absolute atomic E-state index is 0.264. The Bertz CT molecular complexity index is 1520. The first kappa shape index (κ1) is 27.2. The number of halogens is 1. The molecule has 208 valence electrons. The summed E-state index contributed by atoms with van der Waals surface area (Å²) in [7, 11) is 0. The molecule has 0 saturated heterocycles. The summed E-state index contributed by atoms with van der Waals surface area (Å²) in [6.07, 6.45) is 3.78. The fraction of sp³-hybridized carbons (Fsp3) is 0.367. The number of fused-ring (bicyclic) bond motifs is 1. The molecule has 0 saturated carbocycles. The highest BCUT2D eigenvalue weighted by atomic mass is 19.1. The molecule has 9 nitrogen and oxygen atoms in total. The fourth-order valence-electron chi connectivity index (χ4n) is 5.04. The molecule has 0 unspecified atom stereocenters. The lowest BCUT2D eigenvalue weighted by Gasteiger charge is -2.34. The first-order valence-electron chi connectivity index (χ1n) is 13.4. The number of tetrazole rings is 1. The molecule has 2 amide bonds. The third-order valence-electron chi connectivity index (χ3n) is 6.77. The Labute approximate surface area is 232 Å². The summed E-state index contributed by atoms with van der Waals surface area (Å²) >= 11 is 0. The molecule has 10 heteroatoms. The zero-order valence-electron chi connectivity index (χ0n) is 23.1. The Balaban J connectivity index is 1.57. The van der Waals surface area contributed by atoms with E-state index in [9.17, 15) is 14.0 Å². The number of hydrogen-bond acceptors (Lipinski definition) is 6. The molecule has 40 heavy (non-hydrogen) atoms. The van der Waals surface area contributed by atoms with Crippen LogP contribution < -0.4 is 10.2 Å². The van der Waals surface area contributed by atoms with Crippen LogP contribution in [0.2, 0.25) is 0 Å². The van der Waals surface area contributed by atoms with Gasteiger partial charge in [0.25, 0.3) is 11.8 Å². The van der Waals surface area contributed by atoms with E-state index in [1.165, 1.54) is 27.4 Å². The maximum Gasteiger partial charge on any atom is 0.251 e. The van der Waals surface area contributed by atoms with Crippen LogP contribution in [0.15, 0.2) is 59.0 Å². The maximum absolute atomic E-state index is 14.2. The topological polar surface area (TPSA) is 106 Å². The highest BCUT2D eigenvalue weighted by molar-refractivity contribution is 6.01. The largest absolute Gasteiger partial charge is 0.464 e. The van der Waals surface area contributed by atoms with Gasteiger partial charge < -0.3 is 9.73 Å². The number of nitrogens with one attached hydrogen (secondary N) is 1. The molecule has 0 bridgehead atoms. The van der Waals surface area contributed by atoms with Crippen molar-refractivity contribution in [1.29, 1.82) is 0 Å². The molecule has 2 aromatic carbocycles. The van der Waals surface area contributed by atoms with Crippen molar-refractivity contribution in [3.05, 3.63) is 83.1 Å². The van der Waals surface area contributed by atoms with Crippen LogP contribution in [0.25, 0.3) is 11.4 Å². The summed E-state index contributed by atoms with van der Waals surface area (Å²) in [4.78, 5) is 30.8. The lowest BCUT2D eigenvalue weighted by Crippen LogP contribution is -2.50. The molecule has 2 aromatic heterocycles. The SMILES string of the molecule is Cc1ccc([C@H](C(=O)NC(C)(C)C)N(C(=O)Cn2nnc(-c3ccc(F)cc3)n2)c2cccc3c2CCCC3)o1. The van der Waals surface area contributed by atoms with Gasteiger partial charge in [-0.05, 0) is 112 Å². The van der Waals surface area contributed by atoms with Crippen LogP contribution in [0.1, 0.15) is 62.3 Å². The van der Waals surface area contributed by atoms with E-state index in [0.29, 0.717) is 22.8 Å². The molecular weight excluding hydrogens is 511 g/mol. The molecule has 0 fully saturated rings. The van der Waals surface area contributed by atoms with Crippen LogP contribution >= 0.6 is 0 Å². The second-order valence-electron chi connectivity index (χ2n) is 11.1. The van der Waals surface area contributed by atoms with Crippen LogP contribution in [-0.2, 0) is 29.0 Å². The minimum Gasteiger partial charge on any atom is -0.464 e. The van der Waals surface area contributed by atoms with Crippen molar-refractivity contribution >= 4 is 17.5 Å². The third kappa shape index (κ3) is 5.95. The lowest BCUT2D eigenvalue weighted by atomic mass is 9.89. The lowest BCUT2D eigenvalue weighted by molar-refractivity contribution is -0.128. The maximum atomic E-state index is 14.2. The molecular formula is C30H33FN6O3. The van der Waals surface area contributed by atoms with E-state index in [4.69, 9.17) is 4.42 Å². The van der Waals surface area contributed by atoms with E-state index in [2.05, 4.69) is 26.8 Å². The molecule has 1 aliphatic carbocycles. The Morgan fingerprint density at radius 1 is 1.07 bits per heavy atom. The molecule has 1 atom stereocenters. The Morgan fingerprint density at radius 2 is 1.82 bits per heavy atom. The van der Waals surface area contributed by atoms with Crippen molar-refractivity contribution in [2.24, 2.45) is 0 Å². The van der Waals surface area contributed by atoms with Crippen LogP contribution in [0.3, 0.4) is 0 Å². The van der Waals surface area contributed by atoms with Crippen molar-refractivity contribution in [1.82, 2.24) is 25.5 Å². The van der Waals surface area contributed by atoms with Gasteiger partial charge in [0.05, 0.1) is 0 Å². The van der Waals surface area contributed by atoms with Crippen LogP contribution in [0.5, 0.6) is 0 Å². The van der Waals surface area contributed by atoms with Gasteiger partial charge in [0.1, 0.15) is 23.9 Å². The molecule has 2 heterocycles. The monoisotopic (exact) mass is 544 g/mol. The van der Waals surface area contributed by atoms with E-state index in [0.717, 1.165) is 31.2 Å². The normalized spacial score (nSPS) is 13.9. The van der Waals surface area contributed by atoms with E-state index < -0.39 is 17.5 Å². The Morgan fingerprint density at radius 3 is 2.52 bits per heavy atom. The van der Waals surface area contributed by atoms with Gasteiger partial charge in [-0.2, -0.15) is 4.80 Å². The van der Waals surface area contributed by atoms with Gasteiger partial charge in [-0.15, -0.1) is 10.2 Å². The average molecular weight is 545 g/mol. The molecule has 1 aliphatic rings. The van der Waals surface area contributed by atoms with Crippen molar-refractivity contribution in [3.63, 3.8) is 0 Å². The van der Waals surface area contributed by atoms with Crippen molar-refractivity contribution in [2.75, 3.05) is 4.90 Å². The van der Waals surface area contributed by atoms with E-state index in [1.807, 2.05) is 32.9 Å². The van der Waals surface area contributed by atoms with Crippen molar-refractivity contribution in [2.45, 2.75) is 71.5 Å². The second kappa shape index (κ2) is 11.0. The summed E-state index contributed by atoms with van der Waals surface area (Å²) in [6, 6.07) is 14.1. The smallest absolute Gasteiger partial charge is 0.251 e. The van der Waals surface area contributed by atoms with Gasteiger partial charge >= 0.3 is 0 Å². The Kier molecular flexibility index (Phi) is 7.51. The zero-order chi connectivity index (χ0) is 28.4. The predicted octanol–water partition coefficient (Wildman–Crippen LogP) is 4.95. The fourth-order valence-corrected chi connectivity index (χ4v) is 5.04. The second-order valence-corrected chi connectivity index (χ2v) is 11.1. The van der Waals surface area contributed by atoms with Gasteiger partial charge in [-0.3, -0.25) is 14.5 Å². The molecule has 4 aromatic rings. The number of amides is 2. The van der Waals surface area contributed by atoms with Gasteiger partial charge in [0.15, 0.2) is 6.04 Å². The first-order valence-corrected chi connectivity index (χ1v) is 13.4. The highest BCUT2D eigenvalue weighted by Gasteiger charge is 2.38. The number of nitrogens with zero attached hydrogens (tertiary/aromatic N) is 5. The van der Waals surface area contributed by atoms with Gasteiger partial charge in [-0.25, -0.2) is 4.39 Å². The van der Waals surface area contributed by atoms with Gasteiger partial charge in [-0.1, -0.05) is 12.1 Å². The number of aryl methyl sites for hydroxylation is 2. The number of carbonyl (C=O) groups excluding carboxylic acids is 2. The van der Waals surface area contributed by atoms with E-state index >= 15 is 0 Å². The van der Waals surface area contributed by atoms with Gasteiger partial charge in [0, 0.05) is 16.8 Å². The number of anilines is 1. The minimum atomic E-state index is -1.06. The summed E-state index contributed by atoms with van der Waals surface area (Å²) < 4.78 is 19.3. The van der Waals surface area contributed by atoms with Crippen LogP contribution in [0.4, 0.5) is 10.1 Å². The number of rotatable bonds is 7. The summed E-state index contributed by atoms with van der Waals surface area (Å²) in [5, 5.41) is 15.5. The summed E-state index contributed by atoms with van der Waals surface area (Å²) in [5.74, 6) is 0.126. The predicted molar refractivity (Wildman–Crippen MR) is 148 cm³/mol. The van der Waals surface area contributed by atoms with Crippen LogP contribution in [0, 0.1) is 12.7 Å². The van der Waals surface area contributed by atoms with E-state index in [1.54, 1.807) is 31.2 Å². The third-order valence-corrected chi connectivity index (χ3v) is 6.77. The van der Waals surface area contributed by atoms with Gasteiger partial charge in [0.2, 0.25) is 5.82 Å². The molecule has 0 radical (unpaired) electrons. The highest BCUT2D eigenvalue weighted by Crippen LogP contribution is 2.36. The number of aromatic nitrogens is 4. The number of hydrogen-bond donors (Lipinski definition) is 1. The molecule has 1 N–H and O–H groups in total. The van der Waals surface area contributed by atoms with Crippen molar-refractivity contribution in [3.8, 4) is 11.4 Å². The van der Waals surface area contributed by atoms with E-state index in [-0.39, 0.29) is 24.1 Å². The molecule has 0 spiro atoms. The number of furan rings is 1. The van der Waals surface area contributed by atoms with Crippen molar-refractivity contribution < 1.29 is 18.4 Å². The summed E-state index contributed by atoms with van der Waals surface area (Å²) in [5.41, 5.74) is 2.92. The molecule has 0 aliphatic heterocycles. The number of benzene rings is 2. The average Bonchev–Trinajstić information content (AvgIpc) is 3.55.